The third-order valence-electron chi connectivity index (χ3n) is 1.98. The van der Waals surface area contributed by atoms with Gasteiger partial charge in [0.05, 0.1) is 0 Å². The highest BCUT2D eigenvalue weighted by Gasteiger charge is 2.41. The van der Waals surface area contributed by atoms with Crippen molar-refractivity contribution in [2.75, 3.05) is 6.54 Å². The van der Waals surface area contributed by atoms with Gasteiger partial charge < -0.3 is 5.73 Å². The van der Waals surface area contributed by atoms with Gasteiger partial charge in [-0.2, -0.15) is 0 Å². The molecule has 0 aliphatic heterocycles. The van der Waals surface area contributed by atoms with Gasteiger partial charge in [0, 0.05) is 5.92 Å². The van der Waals surface area contributed by atoms with Crippen LogP contribution >= 0.6 is 0 Å². The van der Waals surface area contributed by atoms with Crippen LogP contribution in [0.2, 0.25) is 0 Å². The molecular weight excluding hydrogens is 126 g/mol. The van der Waals surface area contributed by atoms with Crippen molar-refractivity contribution >= 4 is 5.78 Å². The third kappa shape index (κ3) is 1.27. The molecule has 0 unspecified atom stereocenters. The molecule has 0 amide bonds. The summed E-state index contributed by atoms with van der Waals surface area (Å²) in [4.78, 5) is 11.1. The Bertz CT molecular complexity index is 174. The Morgan fingerprint density at radius 3 is 2.70 bits per heavy atom. The number of ketones is 1. The topological polar surface area (TPSA) is 43.1 Å². The summed E-state index contributed by atoms with van der Waals surface area (Å²) >= 11 is 0. The van der Waals surface area contributed by atoms with E-state index >= 15 is 0 Å². The predicted molar refractivity (Wildman–Crippen MR) is 40.5 cm³/mol. The first-order valence-electron chi connectivity index (χ1n) is 3.56. The van der Waals surface area contributed by atoms with Crippen molar-refractivity contribution in [3.8, 4) is 0 Å². The van der Waals surface area contributed by atoms with Crippen LogP contribution in [0.3, 0.4) is 0 Å². The monoisotopic (exact) mass is 139 g/mol. The zero-order valence-corrected chi connectivity index (χ0v) is 6.26. The maximum absolute atomic E-state index is 11.1. The molecule has 1 rings (SSSR count). The van der Waals surface area contributed by atoms with Crippen molar-refractivity contribution < 1.29 is 4.79 Å². The number of hydrogen-bond donors (Lipinski definition) is 1. The molecule has 56 valence electrons. The lowest BCUT2D eigenvalue weighted by Gasteiger charge is -1.94. The highest BCUT2D eigenvalue weighted by Crippen LogP contribution is 2.39. The van der Waals surface area contributed by atoms with Gasteiger partial charge in [-0.15, -0.1) is 0 Å². The maximum Gasteiger partial charge on any atom is 0.161 e. The van der Waals surface area contributed by atoms with Gasteiger partial charge in [-0.05, 0) is 31.4 Å². The summed E-state index contributed by atoms with van der Waals surface area (Å²) in [6.07, 6.45) is 0.974. The Hall–Kier alpha value is -0.630. The average Bonchev–Trinajstić information content (AvgIpc) is 2.64. The molecule has 2 heteroatoms. The lowest BCUT2D eigenvalue weighted by Crippen LogP contribution is -2.08. The van der Waals surface area contributed by atoms with Gasteiger partial charge in [0.2, 0.25) is 0 Å². The Kier molecular flexibility index (Phi) is 1.90. The van der Waals surface area contributed by atoms with Crippen LogP contribution in [-0.4, -0.2) is 12.3 Å². The molecule has 0 radical (unpaired) electrons. The molecule has 0 bridgehead atoms. The van der Waals surface area contributed by atoms with Crippen LogP contribution in [0, 0.1) is 11.8 Å². The summed E-state index contributed by atoms with van der Waals surface area (Å²) in [5, 5.41) is 0. The lowest BCUT2D eigenvalue weighted by atomic mass is 10.1. The summed E-state index contributed by atoms with van der Waals surface area (Å²) in [5.74, 6) is 0.863. The minimum atomic E-state index is 0.204. The maximum atomic E-state index is 11.1. The smallest absolute Gasteiger partial charge is 0.161 e. The fourth-order valence-electron chi connectivity index (χ4n) is 1.15. The van der Waals surface area contributed by atoms with Crippen LogP contribution in [0.4, 0.5) is 0 Å². The van der Waals surface area contributed by atoms with Crippen LogP contribution in [0.15, 0.2) is 12.2 Å². The molecule has 2 N–H and O–H groups in total. The largest absolute Gasteiger partial charge is 0.330 e. The summed E-state index contributed by atoms with van der Waals surface area (Å²) in [5.41, 5.74) is 6.05. The highest BCUT2D eigenvalue weighted by molar-refractivity contribution is 5.97. The molecule has 0 aromatic rings. The molecule has 0 aromatic heterocycles. The van der Waals surface area contributed by atoms with Crippen molar-refractivity contribution in [2.45, 2.75) is 13.3 Å². The van der Waals surface area contributed by atoms with Crippen molar-refractivity contribution in [3.05, 3.63) is 12.2 Å². The molecule has 0 aromatic carbocycles. The molecule has 10 heavy (non-hydrogen) atoms. The summed E-state index contributed by atoms with van der Waals surface area (Å²) in [7, 11) is 0. The minimum absolute atomic E-state index is 0.204. The van der Waals surface area contributed by atoms with Gasteiger partial charge >= 0.3 is 0 Å². The van der Waals surface area contributed by atoms with Gasteiger partial charge in [-0.3, -0.25) is 4.79 Å². The molecule has 1 aliphatic rings. The molecule has 0 heterocycles. The van der Waals surface area contributed by atoms with Crippen LogP contribution in [0.5, 0.6) is 0 Å². The Labute approximate surface area is 61.1 Å². The summed E-state index contributed by atoms with van der Waals surface area (Å²) in [6, 6.07) is 0. The normalized spacial score (nSPS) is 29.8. The predicted octanol–water partition coefficient (Wildman–Crippen LogP) is 0.726. The summed E-state index contributed by atoms with van der Waals surface area (Å²) < 4.78 is 0. The van der Waals surface area contributed by atoms with Crippen molar-refractivity contribution in [1.82, 2.24) is 0 Å². The Balaban J connectivity index is 2.40. The highest BCUT2D eigenvalue weighted by atomic mass is 16.1. The van der Waals surface area contributed by atoms with Gasteiger partial charge in [0.1, 0.15) is 0 Å². The summed E-state index contributed by atoms with van der Waals surface area (Å²) in [6.45, 7) is 6.00. The minimum Gasteiger partial charge on any atom is -0.330 e. The van der Waals surface area contributed by atoms with Gasteiger partial charge in [0.15, 0.2) is 5.78 Å². The average molecular weight is 139 g/mol. The van der Waals surface area contributed by atoms with E-state index in [-0.39, 0.29) is 11.7 Å². The Morgan fingerprint density at radius 1 is 1.80 bits per heavy atom. The molecule has 1 aliphatic carbocycles. The van der Waals surface area contributed by atoms with Gasteiger partial charge in [-0.25, -0.2) is 0 Å². The molecule has 2 atom stereocenters. The number of carbonyl (C=O) groups excluding carboxylic acids is 1. The quantitative estimate of drug-likeness (QED) is 0.586. The fraction of sp³-hybridized carbons (Fsp3) is 0.625. The number of rotatable bonds is 3. The second-order valence-electron chi connectivity index (χ2n) is 2.98. The van der Waals surface area contributed by atoms with Crippen molar-refractivity contribution in [2.24, 2.45) is 17.6 Å². The number of allylic oxidation sites excluding steroid dienone is 1. The number of carbonyl (C=O) groups is 1. The molecule has 2 nitrogen and oxygen atoms in total. The molecule has 1 saturated carbocycles. The van der Waals surface area contributed by atoms with Crippen LogP contribution in [0.25, 0.3) is 0 Å². The van der Waals surface area contributed by atoms with E-state index in [1.165, 1.54) is 0 Å². The standard InChI is InChI=1S/C8H13NO/c1-5(2)8(10)7-3-6(7)4-9/h6-7H,1,3-4,9H2,2H3/t6-,7-/m0/s1. The lowest BCUT2D eigenvalue weighted by molar-refractivity contribution is -0.116. The van der Waals surface area contributed by atoms with E-state index in [9.17, 15) is 4.79 Å². The van der Waals surface area contributed by atoms with E-state index in [0.717, 1.165) is 6.42 Å². The van der Waals surface area contributed by atoms with Crippen molar-refractivity contribution in [3.63, 3.8) is 0 Å². The third-order valence-corrected chi connectivity index (χ3v) is 1.98. The first kappa shape index (κ1) is 7.48. The zero-order valence-electron chi connectivity index (χ0n) is 6.26. The molecule has 0 saturated heterocycles. The second kappa shape index (κ2) is 2.54. The van der Waals surface area contributed by atoms with Gasteiger partial charge in [-0.1, -0.05) is 6.58 Å². The van der Waals surface area contributed by atoms with Crippen LogP contribution in [0.1, 0.15) is 13.3 Å². The first-order chi connectivity index (χ1) is 4.66. The van der Waals surface area contributed by atoms with Crippen molar-refractivity contribution in [1.29, 1.82) is 0 Å². The van der Waals surface area contributed by atoms with Crippen LogP contribution < -0.4 is 5.73 Å². The van der Waals surface area contributed by atoms with Crippen LogP contribution in [-0.2, 0) is 4.79 Å². The van der Waals surface area contributed by atoms with E-state index in [4.69, 9.17) is 5.73 Å². The zero-order chi connectivity index (χ0) is 7.72. The number of hydrogen-bond acceptors (Lipinski definition) is 2. The number of Topliss-reactive ketones (excluding diaryl/α,β-unsaturated/α-hetero) is 1. The first-order valence-corrected chi connectivity index (χ1v) is 3.56. The molecular formula is C8H13NO. The van der Waals surface area contributed by atoms with E-state index in [2.05, 4.69) is 6.58 Å². The fourth-order valence-corrected chi connectivity index (χ4v) is 1.15. The van der Waals surface area contributed by atoms with Gasteiger partial charge in [0.25, 0.3) is 0 Å². The second-order valence-corrected chi connectivity index (χ2v) is 2.98. The van der Waals surface area contributed by atoms with E-state index in [1.807, 2.05) is 0 Å². The van der Waals surface area contributed by atoms with E-state index in [0.29, 0.717) is 18.0 Å². The van der Waals surface area contributed by atoms with E-state index in [1.54, 1.807) is 6.92 Å². The Morgan fingerprint density at radius 2 is 2.40 bits per heavy atom. The number of nitrogens with two attached hydrogens (primary N) is 1. The molecule has 1 fully saturated rings. The SMILES string of the molecule is C=C(C)C(=O)[C@H]1C[C@H]1CN. The molecule has 0 spiro atoms. The van der Waals surface area contributed by atoms with E-state index < -0.39 is 0 Å².